The second kappa shape index (κ2) is 6.34. The van der Waals surface area contributed by atoms with Gasteiger partial charge in [0.2, 0.25) is 0 Å². The Kier molecular flexibility index (Phi) is 4.30. The van der Waals surface area contributed by atoms with Gasteiger partial charge in [0.15, 0.2) is 0 Å². The second-order valence-corrected chi connectivity index (χ2v) is 8.53. The molecule has 4 rings (SSSR count). The molecule has 140 valence electrons. The van der Waals surface area contributed by atoms with E-state index < -0.39 is 6.09 Å². The Morgan fingerprint density at radius 3 is 2.36 bits per heavy atom. The van der Waals surface area contributed by atoms with Crippen LogP contribution in [-0.2, 0) is 0 Å². The number of carboxylic acid groups (broad SMARTS) is 1. The molecule has 0 aromatic heterocycles. The maximum Gasteiger partial charge on any atom is 0.407 e. The van der Waals surface area contributed by atoms with E-state index in [1.165, 1.54) is 17.7 Å². The molecule has 1 saturated carbocycles. The van der Waals surface area contributed by atoms with Gasteiger partial charge < -0.3 is 25.1 Å². The van der Waals surface area contributed by atoms with Crippen molar-refractivity contribution < 1.29 is 14.7 Å². The average Bonchev–Trinajstić information content (AvgIpc) is 3.01. The molecular formula is C18H30N4O3. The van der Waals surface area contributed by atoms with Crippen LogP contribution in [0.1, 0.15) is 38.5 Å². The van der Waals surface area contributed by atoms with Crippen LogP contribution >= 0.6 is 0 Å². The van der Waals surface area contributed by atoms with Gasteiger partial charge in [-0.1, -0.05) is 0 Å². The Bertz CT molecular complexity index is 532. The summed E-state index contributed by atoms with van der Waals surface area (Å²) in [7, 11) is 1.72. The Labute approximate surface area is 149 Å². The van der Waals surface area contributed by atoms with Crippen molar-refractivity contribution in [3.8, 4) is 0 Å². The topological polar surface area (TPSA) is 76.1 Å². The monoisotopic (exact) mass is 350 g/mol. The van der Waals surface area contributed by atoms with Gasteiger partial charge in [-0.2, -0.15) is 0 Å². The summed E-state index contributed by atoms with van der Waals surface area (Å²) in [6, 6.07) is 1.15. The summed E-state index contributed by atoms with van der Waals surface area (Å²) in [5, 5.41) is 11.8. The van der Waals surface area contributed by atoms with Crippen LogP contribution < -0.4 is 5.32 Å². The minimum atomic E-state index is -0.771. The number of hydrogen-bond donors (Lipinski definition) is 2. The summed E-state index contributed by atoms with van der Waals surface area (Å²) in [5.74, 6) is 0.635. The Balaban J connectivity index is 1.23. The van der Waals surface area contributed by atoms with Gasteiger partial charge >= 0.3 is 12.1 Å². The lowest BCUT2D eigenvalue weighted by Crippen LogP contribution is -2.67. The number of carbonyl (C=O) groups is 2. The highest BCUT2D eigenvalue weighted by atomic mass is 16.4. The third-order valence-electron chi connectivity index (χ3n) is 7.07. The van der Waals surface area contributed by atoms with Crippen LogP contribution in [0.25, 0.3) is 0 Å². The molecule has 7 heteroatoms. The first-order valence-electron chi connectivity index (χ1n) is 9.72. The summed E-state index contributed by atoms with van der Waals surface area (Å²) >= 11 is 0. The molecule has 0 radical (unpaired) electrons. The van der Waals surface area contributed by atoms with Crippen molar-refractivity contribution in [2.24, 2.45) is 11.3 Å². The number of rotatable bonds is 2. The minimum Gasteiger partial charge on any atom is -0.465 e. The van der Waals surface area contributed by atoms with Crippen molar-refractivity contribution in [3.63, 3.8) is 0 Å². The van der Waals surface area contributed by atoms with E-state index in [0.717, 1.165) is 58.4 Å². The largest absolute Gasteiger partial charge is 0.465 e. The number of piperidine rings is 1. The molecule has 7 nitrogen and oxygen atoms in total. The highest BCUT2D eigenvalue weighted by molar-refractivity contribution is 5.74. The number of hydrogen-bond acceptors (Lipinski definition) is 3. The molecule has 25 heavy (non-hydrogen) atoms. The molecule has 0 aromatic carbocycles. The maximum atomic E-state index is 12.0. The molecule has 1 spiro atoms. The van der Waals surface area contributed by atoms with Gasteiger partial charge in [0, 0.05) is 44.2 Å². The lowest BCUT2D eigenvalue weighted by Gasteiger charge is -2.61. The Hall–Kier alpha value is -1.50. The fourth-order valence-corrected chi connectivity index (χ4v) is 5.70. The number of nitrogens with zero attached hydrogens (tertiary/aromatic N) is 3. The summed E-state index contributed by atoms with van der Waals surface area (Å²) in [4.78, 5) is 29.2. The highest BCUT2D eigenvalue weighted by Gasteiger charge is 2.55. The number of nitrogens with one attached hydrogen (secondary N) is 1. The van der Waals surface area contributed by atoms with E-state index in [1.807, 2.05) is 4.90 Å². The molecule has 2 N–H and O–H groups in total. The number of likely N-dealkylation sites (tertiary alicyclic amines) is 3. The van der Waals surface area contributed by atoms with Crippen LogP contribution in [0.3, 0.4) is 0 Å². The van der Waals surface area contributed by atoms with Crippen molar-refractivity contribution in [2.45, 2.75) is 50.6 Å². The number of carbonyl (C=O) groups excluding carboxylic acids is 1. The molecule has 3 heterocycles. The molecule has 0 aromatic rings. The third kappa shape index (κ3) is 2.96. The zero-order valence-corrected chi connectivity index (χ0v) is 15.1. The molecule has 3 amide bonds. The van der Waals surface area contributed by atoms with Crippen molar-refractivity contribution in [1.29, 1.82) is 0 Å². The SMILES string of the molecule is CNC(=O)N1CCC[C@H]1C1CCN(C2CC3(C2)CN(C(=O)O)C3)CC1. The predicted molar refractivity (Wildman–Crippen MR) is 93.5 cm³/mol. The van der Waals surface area contributed by atoms with Gasteiger partial charge in [-0.25, -0.2) is 9.59 Å². The standard InChI is InChI=1S/C18H30N4O3/c1-19-16(23)22-6-2-3-15(22)13-4-7-20(8-5-13)14-9-18(10-14)11-21(12-18)17(24)25/h13-15H,2-12H2,1H3,(H,19,23)(H,24,25)/t15-/m0/s1. The molecule has 3 aliphatic heterocycles. The number of urea groups is 1. The minimum absolute atomic E-state index is 0.0823. The molecular weight excluding hydrogens is 320 g/mol. The van der Waals surface area contributed by atoms with E-state index in [2.05, 4.69) is 10.2 Å². The normalized spacial score (nSPS) is 30.2. The zero-order chi connectivity index (χ0) is 17.6. The first-order valence-corrected chi connectivity index (χ1v) is 9.72. The van der Waals surface area contributed by atoms with E-state index in [-0.39, 0.29) is 6.03 Å². The lowest BCUT2D eigenvalue weighted by atomic mass is 9.60. The molecule has 0 bridgehead atoms. The quantitative estimate of drug-likeness (QED) is 0.794. The zero-order valence-electron chi connectivity index (χ0n) is 15.1. The van der Waals surface area contributed by atoms with Crippen LogP contribution in [0.2, 0.25) is 0 Å². The number of amides is 3. The molecule has 1 atom stereocenters. The molecule has 4 fully saturated rings. The Morgan fingerprint density at radius 2 is 1.76 bits per heavy atom. The summed E-state index contributed by atoms with van der Waals surface area (Å²) in [6.07, 6.45) is 6.20. The van der Waals surface area contributed by atoms with Gasteiger partial charge in [0.05, 0.1) is 0 Å². The van der Waals surface area contributed by atoms with Crippen molar-refractivity contribution >= 4 is 12.1 Å². The summed E-state index contributed by atoms with van der Waals surface area (Å²) in [5.41, 5.74) is 0.293. The van der Waals surface area contributed by atoms with Crippen LogP contribution in [0.5, 0.6) is 0 Å². The van der Waals surface area contributed by atoms with Gasteiger partial charge in [0.25, 0.3) is 0 Å². The van der Waals surface area contributed by atoms with Gasteiger partial charge in [-0.15, -0.1) is 0 Å². The fourth-order valence-electron chi connectivity index (χ4n) is 5.70. The maximum absolute atomic E-state index is 12.0. The van der Waals surface area contributed by atoms with Crippen molar-refractivity contribution in [3.05, 3.63) is 0 Å². The van der Waals surface area contributed by atoms with Crippen molar-refractivity contribution in [1.82, 2.24) is 20.0 Å². The van der Waals surface area contributed by atoms with Crippen molar-refractivity contribution in [2.75, 3.05) is 39.8 Å². The van der Waals surface area contributed by atoms with Gasteiger partial charge in [0.1, 0.15) is 0 Å². The molecule has 3 saturated heterocycles. The predicted octanol–water partition coefficient (Wildman–Crippen LogP) is 1.64. The highest BCUT2D eigenvalue weighted by Crippen LogP contribution is 2.50. The first-order chi connectivity index (χ1) is 12.0. The van der Waals surface area contributed by atoms with E-state index in [4.69, 9.17) is 5.11 Å². The third-order valence-corrected chi connectivity index (χ3v) is 7.07. The van der Waals surface area contributed by atoms with E-state index in [1.54, 1.807) is 7.05 Å². The van der Waals surface area contributed by atoms with E-state index in [0.29, 0.717) is 23.4 Å². The van der Waals surface area contributed by atoms with Crippen LogP contribution in [-0.4, -0.2) is 83.8 Å². The van der Waals surface area contributed by atoms with Gasteiger partial charge in [-0.3, -0.25) is 0 Å². The average molecular weight is 350 g/mol. The van der Waals surface area contributed by atoms with Gasteiger partial charge in [-0.05, 0) is 57.5 Å². The summed E-state index contributed by atoms with van der Waals surface area (Å²) in [6.45, 7) is 4.63. The van der Waals surface area contributed by atoms with Crippen LogP contribution in [0.15, 0.2) is 0 Å². The summed E-state index contributed by atoms with van der Waals surface area (Å²) < 4.78 is 0. The van der Waals surface area contributed by atoms with Crippen LogP contribution in [0, 0.1) is 11.3 Å². The molecule has 0 unspecified atom stereocenters. The fraction of sp³-hybridized carbons (Fsp3) is 0.889. The first kappa shape index (κ1) is 16.9. The smallest absolute Gasteiger partial charge is 0.407 e. The van der Waals surface area contributed by atoms with E-state index >= 15 is 0 Å². The Morgan fingerprint density at radius 1 is 1.08 bits per heavy atom. The van der Waals surface area contributed by atoms with Crippen LogP contribution in [0.4, 0.5) is 9.59 Å². The lowest BCUT2D eigenvalue weighted by molar-refractivity contribution is -0.102. The second-order valence-electron chi connectivity index (χ2n) is 8.53. The van der Waals surface area contributed by atoms with E-state index in [9.17, 15) is 9.59 Å². The molecule has 4 aliphatic rings. The molecule has 1 aliphatic carbocycles.